The summed E-state index contributed by atoms with van der Waals surface area (Å²) in [6, 6.07) is 5.56. The summed E-state index contributed by atoms with van der Waals surface area (Å²) >= 11 is 0. The number of hydrogen-bond donors (Lipinski definition) is 3. The molecule has 0 bridgehead atoms. The van der Waals surface area contributed by atoms with E-state index in [2.05, 4.69) is 10.3 Å². The number of nitrogen functional groups attached to an aromatic ring is 1. The molecule has 1 aromatic heterocycles. The quantitative estimate of drug-likeness (QED) is 0.719. The van der Waals surface area contributed by atoms with Crippen LogP contribution in [0.2, 0.25) is 0 Å². The van der Waals surface area contributed by atoms with E-state index in [1.54, 1.807) is 6.20 Å². The highest BCUT2D eigenvalue weighted by molar-refractivity contribution is 6.08. The topological polar surface area (TPSA) is 94.0 Å². The number of carbonyl (C=O) groups excluding carboxylic acids is 1. The van der Waals surface area contributed by atoms with Gasteiger partial charge in [-0.05, 0) is 55.6 Å². The lowest BCUT2D eigenvalue weighted by molar-refractivity contribution is 0.100. The molecule has 1 amide bonds. The third-order valence-electron chi connectivity index (χ3n) is 4.01. The van der Waals surface area contributed by atoms with Gasteiger partial charge in [-0.15, -0.1) is 0 Å². The van der Waals surface area contributed by atoms with E-state index in [0.29, 0.717) is 17.0 Å². The van der Waals surface area contributed by atoms with Gasteiger partial charge in [0.2, 0.25) is 0 Å². The number of carbonyl (C=O) groups is 1. The molecule has 1 aromatic carbocycles. The molecule has 1 fully saturated rings. The van der Waals surface area contributed by atoms with Gasteiger partial charge in [0.15, 0.2) is 0 Å². The maximum absolute atomic E-state index is 11.7. The molecule has 0 spiro atoms. The monoisotopic (exact) mass is 270 g/mol. The Hall–Kier alpha value is -2.14. The third kappa shape index (κ3) is 2.10. The first kappa shape index (κ1) is 12.9. The zero-order valence-electron chi connectivity index (χ0n) is 11.2. The van der Waals surface area contributed by atoms with Crippen LogP contribution in [0.4, 0.5) is 5.69 Å². The van der Waals surface area contributed by atoms with Crippen molar-refractivity contribution in [1.29, 1.82) is 0 Å². The van der Waals surface area contributed by atoms with E-state index in [0.717, 1.165) is 42.6 Å². The van der Waals surface area contributed by atoms with Crippen molar-refractivity contribution >= 4 is 22.5 Å². The van der Waals surface area contributed by atoms with E-state index in [9.17, 15) is 4.79 Å². The predicted molar refractivity (Wildman–Crippen MR) is 79.5 cm³/mol. The van der Waals surface area contributed by atoms with Crippen LogP contribution in [-0.4, -0.2) is 24.0 Å². The predicted octanol–water partition coefficient (Wildman–Crippen LogP) is 1.38. The summed E-state index contributed by atoms with van der Waals surface area (Å²) in [7, 11) is 0. The van der Waals surface area contributed by atoms with Gasteiger partial charge in [-0.3, -0.25) is 9.78 Å². The first-order valence-corrected chi connectivity index (χ1v) is 6.86. The maximum atomic E-state index is 11.7. The van der Waals surface area contributed by atoms with Crippen LogP contribution in [0.25, 0.3) is 10.9 Å². The van der Waals surface area contributed by atoms with Gasteiger partial charge in [-0.2, -0.15) is 0 Å². The zero-order valence-corrected chi connectivity index (χ0v) is 11.2. The number of piperidine rings is 1. The minimum atomic E-state index is -0.455. The zero-order chi connectivity index (χ0) is 14.1. The molecule has 5 nitrogen and oxygen atoms in total. The summed E-state index contributed by atoms with van der Waals surface area (Å²) in [5.41, 5.74) is 14.6. The number of pyridine rings is 1. The number of anilines is 1. The summed E-state index contributed by atoms with van der Waals surface area (Å²) < 4.78 is 0. The van der Waals surface area contributed by atoms with Gasteiger partial charge in [0.05, 0.1) is 11.1 Å². The largest absolute Gasteiger partial charge is 0.398 e. The van der Waals surface area contributed by atoms with Crippen LogP contribution in [0.15, 0.2) is 24.4 Å². The number of benzene rings is 1. The summed E-state index contributed by atoms with van der Waals surface area (Å²) in [5, 5.41) is 4.15. The lowest BCUT2D eigenvalue weighted by atomic mass is 9.86. The van der Waals surface area contributed by atoms with Gasteiger partial charge in [0, 0.05) is 17.3 Å². The smallest absolute Gasteiger partial charge is 0.250 e. The third-order valence-corrected chi connectivity index (χ3v) is 4.01. The van der Waals surface area contributed by atoms with Gasteiger partial charge >= 0.3 is 0 Å². The Kier molecular flexibility index (Phi) is 3.28. The Balaban J connectivity index is 2.21. The summed E-state index contributed by atoms with van der Waals surface area (Å²) in [5.74, 6) is -0.0807. The average Bonchev–Trinajstić information content (AvgIpc) is 2.48. The molecule has 0 unspecified atom stereocenters. The first-order valence-electron chi connectivity index (χ1n) is 6.86. The van der Waals surface area contributed by atoms with E-state index < -0.39 is 5.91 Å². The van der Waals surface area contributed by atoms with Crippen LogP contribution < -0.4 is 16.8 Å². The highest BCUT2D eigenvalue weighted by atomic mass is 16.1. The number of nitrogens with one attached hydrogen (secondary N) is 1. The molecule has 5 N–H and O–H groups in total. The van der Waals surface area contributed by atoms with Crippen LogP contribution in [0.1, 0.15) is 34.7 Å². The van der Waals surface area contributed by atoms with Gasteiger partial charge in [-0.25, -0.2) is 0 Å². The van der Waals surface area contributed by atoms with Gasteiger partial charge in [0.1, 0.15) is 0 Å². The van der Waals surface area contributed by atoms with Gasteiger partial charge in [-0.1, -0.05) is 0 Å². The van der Waals surface area contributed by atoms with Crippen molar-refractivity contribution in [3.05, 3.63) is 35.5 Å². The average molecular weight is 270 g/mol. The van der Waals surface area contributed by atoms with Crippen molar-refractivity contribution in [2.45, 2.75) is 18.8 Å². The number of fused-ring (bicyclic) bond motifs is 1. The number of nitrogens with zero attached hydrogens (tertiary/aromatic N) is 1. The van der Waals surface area contributed by atoms with Crippen molar-refractivity contribution in [3.63, 3.8) is 0 Å². The molecule has 20 heavy (non-hydrogen) atoms. The van der Waals surface area contributed by atoms with Crippen LogP contribution in [-0.2, 0) is 0 Å². The molecule has 2 heterocycles. The Morgan fingerprint density at radius 1 is 1.35 bits per heavy atom. The minimum Gasteiger partial charge on any atom is -0.398 e. The normalized spacial score (nSPS) is 16.4. The van der Waals surface area contributed by atoms with Crippen LogP contribution >= 0.6 is 0 Å². The number of amides is 1. The van der Waals surface area contributed by atoms with Crippen molar-refractivity contribution in [3.8, 4) is 0 Å². The summed E-state index contributed by atoms with van der Waals surface area (Å²) in [6.07, 6.45) is 3.70. The van der Waals surface area contributed by atoms with Gasteiger partial charge < -0.3 is 16.8 Å². The molecule has 1 saturated heterocycles. The number of primary amides is 1. The van der Waals surface area contributed by atoms with Crippen molar-refractivity contribution in [2.75, 3.05) is 18.8 Å². The number of aromatic nitrogens is 1. The molecule has 3 rings (SSSR count). The minimum absolute atomic E-state index is 0.374. The van der Waals surface area contributed by atoms with Crippen LogP contribution in [0.3, 0.4) is 0 Å². The fraction of sp³-hybridized carbons (Fsp3) is 0.333. The van der Waals surface area contributed by atoms with Crippen molar-refractivity contribution in [2.24, 2.45) is 5.73 Å². The van der Waals surface area contributed by atoms with Crippen molar-refractivity contribution < 1.29 is 4.79 Å². The SMILES string of the molecule is NC(=O)c1cc(C2CCNCC2)c(N)c2cccnc12. The van der Waals surface area contributed by atoms with E-state index in [1.165, 1.54) is 0 Å². The molecule has 0 aliphatic carbocycles. The van der Waals surface area contributed by atoms with Gasteiger partial charge in [0.25, 0.3) is 5.91 Å². The second-order valence-electron chi connectivity index (χ2n) is 5.22. The summed E-state index contributed by atoms with van der Waals surface area (Å²) in [6.45, 7) is 1.95. The molecule has 5 heteroatoms. The lowest BCUT2D eigenvalue weighted by Gasteiger charge is -2.25. The molecule has 0 radical (unpaired) electrons. The highest BCUT2D eigenvalue weighted by Crippen LogP contribution is 2.35. The standard InChI is InChI=1S/C15H18N4O/c16-13-10-2-1-5-19-14(10)12(15(17)20)8-11(13)9-3-6-18-7-4-9/h1-2,5,8-9,18H,3-4,6-7,16H2,(H2,17,20). The molecule has 2 aromatic rings. The van der Waals surface area contributed by atoms with Crippen LogP contribution in [0.5, 0.6) is 0 Å². The molecule has 0 atom stereocenters. The van der Waals surface area contributed by atoms with E-state index in [1.807, 2.05) is 18.2 Å². The van der Waals surface area contributed by atoms with Crippen LogP contribution in [0, 0.1) is 0 Å². The Bertz CT molecular complexity index is 662. The Morgan fingerprint density at radius 2 is 2.10 bits per heavy atom. The number of rotatable bonds is 2. The Labute approximate surface area is 117 Å². The van der Waals surface area contributed by atoms with E-state index >= 15 is 0 Å². The highest BCUT2D eigenvalue weighted by Gasteiger charge is 2.21. The van der Waals surface area contributed by atoms with Crippen molar-refractivity contribution in [1.82, 2.24) is 10.3 Å². The fourth-order valence-electron chi connectivity index (χ4n) is 2.95. The molecule has 1 aliphatic rings. The molecule has 104 valence electrons. The molecule has 0 saturated carbocycles. The number of hydrogen-bond acceptors (Lipinski definition) is 4. The molecular formula is C15H18N4O. The maximum Gasteiger partial charge on any atom is 0.250 e. The van der Waals surface area contributed by atoms with E-state index in [-0.39, 0.29) is 0 Å². The summed E-state index contributed by atoms with van der Waals surface area (Å²) in [4.78, 5) is 15.9. The second kappa shape index (κ2) is 5.09. The molecular weight excluding hydrogens is 252 g/mol. The lowest BCUT2D eigenvalue weighted by Crippen LogP contribution is -2.27. The molecule has 1 aliphatic heterocycles. The Morgan fingerprint density at radius 3 is 2.80 bits per heavy atom. The fourth-order valence-corrected chi connectivity index (χ4v) is 2.95. The second-order valence-corrected chi connectivity index (χ2v) is 5.22. The van der Waals surface area contributed by atoms with E-state index in [4.69, 9.17) is 11.5 Å². The number of nitrogens with two attached hydrogens (primary N) is 2. The first-order chi connectivity index (χ1) is 9.68.